The maximum Gasteiger partial charge on any atom is 0.155 e. The number of nitrogens with one attached hydrogen (secondary N) is 1. The molecule has 138 valence electrons. The molecule has 1 atom stereocenters. The molecule has 4 radical (unpaired) electrons. The second kappa shape index (κ2) is 6.91. The molecule has 1 aliphatic rings. The fourth-order valence-electron chi connectivity index (χ4n) is 3.89. The van der Waals surface area contributed by atoms with Gasteiger partial charge < -0.3 is 5.32 Å². The van der Waals surface area contributed by atoms with Crippen molar-refractivity contribution in [2.24, 2.45) is 0 Å². The molecule has 5 rings (SSSR count). The Morgan fingerprint density at radius 3 is 2.66 bits per heavy atom. The number of nitrogens with zero attached hydrogens (tertiary/aromatic N) is 3. The molecular weight excluding hydrogens is 401 g/mol. The van der Waals surface area contributed by atoms with Crippen molar-refractivity contribution in [2.75, 3.05) is 6.54 Å². The molecule has 3 heterocycles. The van der Waals surface area contributed by atoms with Gasteiger partial charge in [0.05, 0.1) is 25.7 Å². The van der Waals surface area contributed by atoms with Crippen LogP contribution in [0.4, 0.5) is 0 Å². The summed E-state index contributed by atoms with van der Waals surface area (Å²) in [5.41, 5.74) is 5.76. The van der Waals surface area contributed by atoms with E-state index >= 15 is 0 Å². The second-order valence-corrected chi connectivity index (χ2v) is 8.07. The molecule has 1 aliphatic heterocycles. The van der Waals surface area contributed by atoms with Gasteiger partial charge in [-0.15, -0.1) is 0 Å². The first-order valence-electron chi connectivity index (χ1n) is 9.14. The van der Waals surface area contributed by atoms with Crippen molar-refractivity contribution in [3.8, 4) is 11.1 Å². The zero-order valence-corrected chi connectivity index (χ0v) is 16.8. The molecule has 1 unspecified atom stereocenters. The van der Waals surface area contributed by atoms with Crippen LogP contribution in [0.15, 0.2) is 61.1 Å². The number of hydrogen-bond acceptors (Lipinski definition) is 3. The van der Waals surface area contributed by atoms with Crippen molar-refractivity contribution >= 4 is 44.5 Å². The van der Waals surface area contributed by atoms with E-state index in [1.807, 2.05) is 42.6 Å². The summed E-state index contributed by atoms with van der Waals surface area (Å²) in [5.74, 6) is 0.0619. The van der Waals surface area contributed by atoms with Crippen LogP contribution in [0.5, 0.6) is 0 Å². The Morgan fingerprint density at radius 1 is 1.00 bits per heavy atom. The van der Waals surface area contributed by atoms with Crippen molar-refractivity contribution in [2.45, 2.75) is 11.3 Å². The first kappa shape index (κ1) is 18.7. The Morgan fingerprint density at radius 2 is 1.83 bits per heavy atom. The molecule has 4 aromatic rings. The maximum absolute atomic E-state index is 6.40. The van der Waals surface area contributed by atoms with Crippen LogP contribution < -0.4 is 5.32 Å². The summed E-state index contributed by atoms with van der Waals surface area (Å²) >= 11 is 12.3. The lowest BCUT2D eigenvalue weighted by molar-refractivity contribution is 0.535. The van der Waals surface area contributed by atoms with E-state index in [2.05, 4.69) is 27.5 Å². The van der Waals surface area contributed by atoms with Crippen molar-refractivity contribution in [3.63, 3.8) is 0 Å². The van der Waals surface area contributed by atoms with Gasteiger partial charge in [0.15, 0.2) is 5.65 Å². The van der Waals surface area contributed by atoms with E-state index in [1.165, 1.54) is 6.33 Å². The monoisotopic (exact) mass is 414 g/mol. The van der Waals surface area contributed by atoms with Crippen LogP contribution in [0.25, 0.3) is 16.8 Å². The van der Waals surface area contributed by atoms with Gasteiger partial charge in [0.2, 0.25) is 0 Å². The van der Waals surface area contributed by atoms with Gasteiger partial charge in [-0.3, -0.25) is 0 Å². The van der Waals surface area contributed by atoms with Gasteiger partial charge in [-0.05, 0) is 51.9 Å². The van der Waals surface area contributed by atoms with Gasteiger partial charge in [0.25, 0.3) is 0 Å². The average molecular weight is 415 g/mol. The fourth-order valence-corrected chi connectivity index (χ4v) is 4.19. The van der Waals surface area contributed by atoms with E-state index in [1.54, 1.807) is 4.52 Å². The maximum atomic E-state index is 6.40. The van der Waals surface area contributed by atoms with Crippen LogP contribution in [-0.2, 0) is 5.34 Å². The fraction of sp³-hybridized carbons (Fsp3) is 0.143. The van der Waals surface area contributed by atoms with Gasteiger partial charge in [-0.25, -0.2) is 9.50 Å². The Kier molecular flexibility index (Phi) is 4.46. The topological polar surface area (TPSA) is 42.2 Å². The molecule has 0 fully saturated rings. The highest BCUT2D eigenvalue weighted by molar-refractivity contribution is 6.42. The predicted molar refractivity (Wildman–Crippen MR) is 118 cm³/mol. The highest BCUT2D eigenvalue weighted by atomic mass is 35.5. The highest BCUT2D eigenvalue weighted by Gasteiger charge is 2.32. The molecule has 4 nitrogen and oxygen atoms in total. The summed E-state index contributed by atoms with van der Waals surface area (Å²) in [6.45, 7) is 0.599. The lowest BCUT2D eigenvalue weighted by Gasteiger charge is -2.40. The summed E-state index contributed by atoms with van der Waals surface area (Å²) in [7, 11) is 12.8. The summed E-state index contributed by atoms with van der Waals surface area (Å²) in [4.78, 5) is 4.19. The van der Waals surface area contributed by atoms with Crippen LogP contribution in [0.2, 0.25) is 10.0 Å². The minimum absolute atomic E-state index is 0.0619. The molecule has 0 aliphatic carbocycles. The lowest BCUT2D eigenvalue weighted by Crippen LogP contribution is -2.50. The van der Waals surface area contributed by atoms with E-state index in [4.69, 9.17) is 38.9 Å². The standard InChI is InChI=1S/C21H14B2Cl2N4/c22-21(23)17-7-12(14-3-6-20-26-11-28-29(20)10-14)1-4-15(17)16(9-27-21)13-2-5-18(24)19(25)8-13/h1-8,10-11,16,27H,9H2. The van der Waals surface area contributed by atoms with Gasteiger partial charge in [0.1, 0.15) is 6.33 Å². The van der Waals surface area contributed by atoms with Gasteiger partial charge >= 0.3 is 0 Å². The number of halogens is 2. The van der Waals surface area contributed by atoms with Crippen molar-refractivity contribution in [3.05, 3.63) is 87.8 Å². The summed E-state index contributed by atoms with van der Waals surface area (Å²) in [6, 6.07) is 15.8. The smallest absolute Gasteiger partial charge is 0.155 e. The minimum atomic E-state index is -1.13. The Labute approximate surface area is 181 Å². The third kappa shape index (κ3) is 3.25. The van der Waals surface area contributed by atoms with Crippen LogP contribution in [0.3, 0.4) is 0 Å². The van der Waals surface area contributed by atoms with Gasteiger partial charge in [-0.1, -0.05) is 47.5 Å². The number of benzene rings is 2. The quantitative estimate of drug-likeness (QED) is 0.506. The molecule has 0 saturated heterocycles. The normalized spacial score (nSPS) is 17.9. The highest BCUT2D eigenvalue weighted by Crippen LogP contribution is 2.38. The van der Waals surface area contributed by atoms with Crippen LogP contribution in [-0.4, -0.2) is 36.8 Å². The van der Waals surface area contributed by atoms with E-state index in [-0.39, 0.29) is 5.92 Å². The van der Waals surface area contributed by atoms with Crippen molar-refractivity contribution < 1.29 is 0 Å². The summed E-state index contributed by atoms with van der Waals surface area (Å²) < 4.78 is 1.74. The molecule has 29 heavy (non-hydrogen) atoms. The molecule has 0 saturated carbocycles. The van der Waals surface area contributed by atoms with Crippen LogP contribution in [0, 0.1) is 0 Å². The number of fused-ring (bicyclic) bond motifs is 2. The van der Waals surface area contributed by atoms with Crippen LogP contribution >= 0.6 is 23.2 Å². The molecule has 0 bridgehead atoms. The molecule has 1 N–H and O–H groups in total. The van der Waals surface area contributed by atoms with Crippen LogP contribution in [0.1, 0.15) is 22.6 Å². The van der Waals surface area contributed by atoms with Gasteiger partial charge in [-0.2, -0.15) is 5.10 Å². The third-order valence-electron chi connectivity index (χ3n) is 5.43. The number of rotatable bonds is 2. The van der Waals surface area contributed by atoms with E-state index in [0.29, 0.717) is 16.6 Å². The zero-order chi connectivity index (χ0) is 20.2. The molecule has 2 aromatic heterocycles. The number of pyridine rings is 1. The molecule has 2 aromatic carbocycles. The lowest BCUT2D eigenvalue weighted by atomic mass is 9.54. The van der Waals surface area contributed by atoms with Gasteiger partial charge in [0, 0.05) is 24.2 Å². The predicted octanol–water partition coefficient (Wildman–Crippen LogP) is 3.89. The summed E-state index contributed by atoms with van der Waals surface area (Å²) in [6.07, 6.45) is 3.47. The SMILES string of the molecule is [B]C1([B])NCC(c2ccc(Cl)c(Cl)c2)c2ccc(-c3ccc4ncnn4c3)cc21. The molecule has 8 heteroatoms. The molecule has 0 spiro atoms. The molecular formula is C21H14B2Cl2N4. The average Bonchev–Trinajstić information content (AvgIpc) is 3.18. The first-order valence-corrected chi connectivity index (χ1v) is 9.90. The number of hydrogen-bond donors (Lipinski definition) is 1. The largest absolute Gasteiger partial charge is 0.323 e. The first-order chi connectivity index (χ1) is 13.9. The molecule has 0 amide bonds. The number of aromatic nitrogens is 3. The third-order valence-corrected chi connectivity index (χ3v) is 6.17. The van der Waals surface area contributed by atoms with Crippen molar-refractivity contribution in [1.29, 1.82) is 0 Å². The van der Waals surface area contributed by atoms with Crippen molar-refractivity contribution in [1.82, 2.24) is 19.9 Å². The Balaban J connectivity index is 1.62. The van der Waals surface area contributed by atoms with E-state index in [0.717, 1.165) is 33.5 Å². The zero-order valence-electron chi connectivity index (χ0n) is 15.3. The van der Waals surface area contributed by atoms with E-state index < -0.39 is 5.34 Å². The Bertz CT molecular complexity index is 1240. The van der Waals surface area contributed by atoms with E-state index in [9.17, 15) is 0 Å². The Hall–Kier alpha value is -2.27. The minimum Gasteiger partial charge on any atom is -0.323 e. The summed E-state index contributed by atoms with van der Waals surface area (Å²) in [5, 5.41) is 7.39. The second-order valence-electron chi connectivity index (χ2n) is 7.26.